The van der Waals surface area contributed by atoms with E-state index in [1.54, 1.807) is 0 Å². The molecule has 0 fully saturated rings. The van der Waals surface area contributed by atoms with Crippen LogP contribution >= 0.6 is 0 Å². The molecule has 0 aliphatic heterocycles. The number of aromatic nitrogens is 1. The summed E-state index contributed by atoms with van der Waals surface area (Å²) in [7, 11) is 0. The standard InChI is InChI=1S/C75H49N3/c1-74(2)65-19-11-9-17-55(65)57-34-31-52(39-67(57)74)77(50-29-25-45-23-21-43-13-5-7-15-53(43)60(45)37-50)72-49(42-76)35-47-27-33-59-71-48(28-32-58(72)70(47)71)36-64-63-40-62-56-18-10-12-20-66(56)75(3,4)68(62)41-69(63)78(73(59)64)51-30-26-46-24-22-44-14-6-8-16-54(44)61(46)38-51/h5-41H,1-4H3. The Morgan fingerprint density at radius 3 is 1.58 bits per heavy atom. The first-order chi connectivity index (χ1) is 38.1. The molecule has 1 aromatic heterocycles. The smallest absolute Gasteiger partial charge is 0.101 e. The molecule has 15 aromatic rings. The molecule has 0 N–H and O–H groups in total. The molecule has 3 nitrogen and oxygen atoms in total. The average molecular weight is 992 g/mol. The molecule has 0 unspecified atom stereocenters. The maximum absolute atomic E-state index is 11.5. The Hall–Kier alpha value is -9.75. The number of hydrogen-bond donors (Lipinski definition) is 0. The largest absolute Gasteiger partial charge is 0.309 e. The van der Waals surface area contributed by atoms with Crippen LogP contribution in [-0.2, 0) is 10.8 Å². The lowest BCUT2D eigenvalue weighted by molar-refractivity contribution is 0.660. The molecule has 0 atom stereocenters. The number of rotatable bonds is 4. The van der Waals surface area contributed by atoms with Crippen molar-refractivity contribution in [3.63, 3.8) is 0 Å². The lowest BCUT2D eigenvalue weighted by atomic mass is 9.82. The minimum atomic E-state index is -0.227. The highest BCUT2D eigenvalue weighted by Crippen LogP contribution is 2.55. The maximum Gasteiger partial charge on any atom is 0.101 e. The summed E-state index contributed by atoms with van der Waals surface area (Å²) in [5, 5.41) is 30.5. The summed E-state index contributed by atoms with van der Waals surface area (Å²) in [4.78, 5) is 2.39. The molecule has 2 aliphatic rings. The monoisotopic (exact) mass is 991 g/mol. The Morgan fingerprint density at radius 2 is 0.872 bits per heavy atom. The number of anilines is 3. The van der Waals surface area contributed by atoms with E-state index in [0.29, 0.717) is 5.56 Å². The first kappa shape index (κ1) is 43.5. The SMILES string of the molecule is CC1(C)c2ccccc2-c2ccc(N(c3ccc4ccc5ccccc5c4c3)c3c(C#N)cc4ccc5c6c(ccc3c46)cc3c4cc6c(cc4n(-c4ccc7ccc8ccccc8c7c4)c35)C(C)(C)c3ccccc3-6)cc21. The highest BCUT2D eigenvalue weighted by molar-refractivity contribution is 6.34. The Morgan fingerprint density at radius 1 is 0.359 bits per heavy atom. The van der Waals surface area contributed by atoms with Crippen LogP contribution in [-0.4, -0.2) is 4.57 Å². The molecule has 3 heteroatoms. The third kappa shape index (κ3) is 5.66. The quantitative estimate of drug-likeness (QED) is 0.165. The molecule has 0 spiro atoms. The third-order valence-electron chi connectivity index (χ3n) is 18.4. The van der Waals surface area contributed by atoms with Crippen LogP contribution in [0.1, 0.15) is 55.5 Å². The number of hydrogen-bond acceptors (Lipinski definition) is 2. The highest BCUT2D eigenvalue weighted by Gasteiger charge is 2.38. The Labute approximate surface area is 451 Å². The Kier molecular flexibility index (Phi) is 8.49. The number of nitriles is 1. The summed E-state index contributed by atoms with van der Waals surface area (Å²) in [5.41, 5.74) is 17.1. The number of benzene rings is 14. The van der Waals surface area contributed by atoms with Gasteiger partial charge in [0.25, 0.3) is 0 Å². The molecule has 0 bridgehead atoms. The van der Waals surface area contributed by atoms with Crippen LogP contribution < -0.4 is 4.90 Å². The average Bonchev–Trinajstić information content (AvgIpc) is 4.06. The van der Waals surface area contributed by atoms with E-state index < -0.39 is 0 Å². The first-order valence-corrected chi connectivity index (χ1v) is 27.3. The topological polar surface area (TPSA) is 32.0 Å². The van der Waals surface area contributed by atoms with E-state index in [-0.39, 0.29) is 10.8 Å². The molecule has 0 radical (unpaired) electrons. The Balaban J connectivity index is 0.983. The maximum atomic E-state index is 11.5. The van der Waals surface area contributed by atoms with E-state index in [1.165, 1.54) is 126 Å². The molecular weight excluding hydrogens is 943 g/mol. The van der Waals surface area contributed by atoms with Crippen LogP contribution in [0.15, 0.2) is 224 Å². The fourth-order valence-electron chi connectivity index (χ4n) is 14.7. The molecule has 0 amide bonds. The lowest BCUT2D eigenvalue weighted by Gasteiger charge is -2.30. The van der Waals surface area contributed by atoms with E-state index in [1.807, 2.05) is 0 Å². The normalized spacial score (nSPS) is 14.1. The van der Waals surface area contributed by atoms with Gasteiger partial charge in [-0.1, -0.05) is 191 Å². The summed E-state index contributed by atoms with van der Waals surface area (Å²) in [6, 6.07) is 86.6. The van der Waals surface area contributed by atoms with E-state index in [9.17, 15) is 5.26 Å². The second-order valence-electron chi connectivity index (χ2n) is 23.1. The van der Waals surface area contributed by atoms with Crippen molar-refractivity contribution in [1.29, 1.82) is 5.26 Å². The molecular formula is C75H49N3. The zero-order valence-electron chi connectivity index (χ0n) is 43.7. The molecule has 1 heterocycles. The minimum absolute atomic E-state index is 0.178. The van der Waals surface area contributed by atoms with Crippen molar-refractivity contribution in [3.8, 4) is 34.0 Å². The number of fused-ring (bicyclic) bond motifs is 16. The zero-order valence-corrected chi connectivity index (χ0v) is 43.7. The van der Waals surface area contributed by atoms with Gasteiger partial charge in [0.1, 0.15) is 6.07 Å². The molecule has 78 heavy (non-hydrogen) atoms. The summed E-state index contributed by atoms with van der Waals surface area (Å²) < 4.78 is 2.56. The van der Waals surface area contributed by atoms with Gasteiger partial charge in [-0.15, -0.1) is 0 Å². The minimum Gasteiger partial charge on any atom is -0.309 e. The van der Waals surface area contributed by atoms with Crippen LogP contribution in [0.5, 0.6) is 0 Å². The van der Waals surface area contributed by atoms with E-state index in [0.717, 1.165) is 38.9 Å². The first-order valence-electron chi connectivity index (χ1n) is 27.3. The van der Waals surface area contributed by atoms with Crippen LogP contribution in [0.2, 0.25) is 0 Å². The van der Waals surface area contributed by atoms with Crippen molar-refractivity contribution in [3.05, 3.63) is 252 Å². The van der Waals surface area contributed by atoms with Crippen LogP contribution in [0.3, 0.4) is 0 Å². The van der Waals surface area contributed by atoms with Crippen molar-refractivity contribution >= 4 is 114 Å². The fraction of sp³-hybridized carbons (Fsp3) is 0.0800. The van der Waals surface area contributed by atoms with Crippen LogP contribution in [0.4, 0.5) is 17.1 Å². The predicted molar refractivity (Wildman–Crippen MR) is 329 cm³/mol. The van der Waals surface area contributed by atoms with Gasteiger partial charge in [0.05, 0.1) is 22.3 Å². The van der Waals surface area contributed by atoms with Gasteiger partial charge in [0, 0.05) is 49.4 Å². The van der Waals surface area contributed by atoms with Crippen LogP contribution in [0.25, 0.3) is 125 Å². The summed E-state index contributed by atoms with van der Waals surface area (Å²) in [6.45, 7) is 9.45. The Bertz CT molecular complexity index is 5230. The van der Waals surface area contributed by atoms with Gasteiger partial charge in [-0.05, 0) is 170 Å². The van der Waals surface area contributed by atoms with Crippen molar-refractivity contribution < 1.29 is 0 Å². The zero-order chi connectivity index (χ0) is 51.9. The van der Waals surface area contributed by atoms with Crippen molar-refractivity contribution in [2.45, 2.75) is 38.5 Å². The van der Waals surface area contributed by atoms with Gasteiger partial charge >= 0.3 is 0 Å². The molecule has 364 valence electrons. The molecule has 14 aromatic carbocycles. The molecule has 0 saturated carbocycles. The van der Waals surface area contributed by atoms with Gasteiger partial charge in [-0.25, -0.2) is 0 Å². The molecule has 17 rings (SSSR count). The van der Waals surface area contributed by atoms with Crippen LogP contribution in [0, 0.1) is 11.3 Å². The predicted octanol–water partition coefficient (Wildman–Crippen LogP) is 20.2. The molecule has 2 aliphatic carbocycles. The fourth-order valence-corrected chi connectivity index (χ4v) is 14.7. The van der Waals surface area contributed by atoms with E-state index in [2.05, 4.69) is 268 Å². The van der Waals surface area contributed by atoms with Gasteiger partial charge in [0.15, 0.2) is 0 Å². The van der Waals surface area contributed by atoms with E-state index >= 15 is 0 Å². The van der Waals surface area contributed by atoms with Crippen molar-refractivity contribution in [2.75, 3.05) is 4.90 Å². The van der Waals surface area contributed by atoms with Gasteiger partial charge < -0.3 is 9.47 Å². The van der Waals surface area contributed by atoms with Gasteiger partial charge in [-0.2, -0.15) is 5.26 Å². The van der Waals surface area contributed by atoms with Gasteiger partial charge in [-0.3, -0.25) is 0 Å². The summed E-state index contributed by atoms with van der Waals surface area (Å²) in [5.74, 6) is 0. The second-order valence-corrected chi connectivity index (χ2v) is 23.1. The van der Waals surface area contributed by atoms with E-state index in [4.69, 9.17) is 0 Å². The highest BCUT2D eigenvalue weighted by atomic mass is 15.1. The van der Waals surface area contributed by atoms with Gasteiger partial charge in [0.2, 0.25) is 0 Å². The third-order valence-corrected chi connectivity index (χ3v) is 18.4. The van der Waals surface area contributed by atoms with Crippen molar-refractivity contribution in [2.24, 2.45) is 0 Å². The second kappa shape index (κ2) is 15.2. The summed E-state index contributed by atoms with van der Waals surface area (Å²) >= 11 is 0. The number of nitrogens with zero attached hydrogens (tertiary/aromatic N) is 3. The van der Waals surface area contributed by atoms with Crippen molar-refractivity contribution in [1.82, 2.24) is 4.57 Å². The summed E-state index contributed by atoms with van der Waals surface area (Å²) in [6.07, 6.45) is 0. The molecule has 0 saturated heterocycles. The lowest BCUT2D eigenvalue weighted by Crippen LogP contribution is -2.17.